The zero-order valence-electron chi connectivity index (χ0n) is 12.3. The monoisotopic (exact) mass is 313 g/mol. The van der Waals surface area contributed by atoms with Gasteiger partial charge in [0.05, 0.1) is 10.8 Å². The molecule has 1 aromatic rings. The maximum Gasteiger partial charge on any atom is 0.327 e. The molecule has 0 amide bonds. The SMILES string of the molecule is CCOC(=O)C(CSc1cccs1)(NC(C)C)C1CC1. The third-order valence-electron chi connectivity index (χ3n) is 3.40. The minimum atomic E-state index is -0.529. The van der Waals surface area contributed by atoms with E-state index in [-0.39, 0.29) is 12.0 Å². The molecule has 1 fully saturated rings. The zero-order chi connectivity index (χ0) is 14.6. The van der Waals surface area contributed by atoms with Gasteiger partial charge in [-0.2, -0.15) is 0 Å². The van der Waals surface area contributed by atoms with Crippen LogP contribution in [0.2, 0.25) is 0 Å². The maximum absolute atomic E-state index is 12.5. The number of ether oxygens (including phenoxy) is 1. The second-order valence-corrected chi connectivity index (χ2v) is 7.71. The van der Waals surface area contributed by atoms with Gasteiger partial charge in [0.2, 0.25) is 0 Å². The lowest BCUT2D eigenvalue weighted by Crippen LogP contribution is -2.59. The van der Waals surface area contributed by atoms with Crippen LogP contribution in [0, 0.1) is 5.92 Å². The summed E-state index contributed by atoms with van der Waals surface area (Å²) in [5, 5.41) is 5.58. The fourth-order valence-corrected chi connectivity index (χ4v) is 4.49. The Balaban J connectivity index is 2.13. The average molecular weight is 313 g/mol. The highest BCUT2D eigenvalue weighted by Gasteiger charge is 2.52. The van der Waals surface area contributed by atoms with Crippen LogP contribution in [0.3, 0.4) is 0 Å². The minimum absolute atomic E-state index is 0.0831. The Morgan fingerprint density at radius 1 is 1.60 bits per heavy atom. The lowest BCUT2D eigenvalue weighted by molar-refractivity contribution is -0.151. The highest BCUT2D eigenvalue weighted by molar-refractivity contribution is 8.01. The largest absolute Gasteiger partial charge is 0.465 e. The molecule has 0 aromatic carbocycles. The molecule has 1 saturated carbocycles. The lowest BCUT2D eigenvalue weighted by Gasteiger charge is -2.34. The lowest BCUT2D eigenvalue weighted by atomic mass is 9.94. The van der Waals surface area contributed by atoms with E-state index in [4.69, 9.17) is 4.74 Å². The number of hydrogen-bond donors (Lipinski definition) is 1. The van der Waals surface area contributed by atoms with Crippen molar-refractivity contribution in [3.8, 4) is 0 Å². The molecule has 0 spiro atoms. The number of carbonyl (C=O) groups excluding carboxylic acids is 1. The zero-order valence-corrected chi connectivity index (χ0v) is 14.0. The topological polar surface area (TPSA) is 38.3 Å². The predicted octanol–water partition coefficient (Wildman–Crippen LogP) is 3.55. The molecule has 0 radical (unpaired) electrons. The average Bonchev–Trinajstić information content (AvgIpc) is 3.12. The van der Waals surface area contributed by atoms with Gasteiger partial charge in [-0.15, -0.1) is 23.1 Å². The first-order valence-electron chi connectivity index (χ1n) is 7.19. The predicted molar refractivity (Wildman–Crippen MR) is 85.4 cm³/mol. The van der Waals surface area contributed by atoms with Crippen LogP contribution in [0.1, 0.15) is 33.6 Å². The van der Waals surface area contributed by atoms with Crippen LogP contribution in [-0.2, 0) is 9.53 Å². The van der Waals surface area contributed by atoms with Gasteiger partial charge >= 0.3 is 5.97 Å². The molecule has 0 bridgehead atoms. The standard InChI is InChI=1S/C15H23NO2S2/c1-4-18-14(17)15(12-7-8-12,16-11(2)3)10-20-13-6-5-9-19-13/h5-6,9,11-12,16H,4,7-8,10H2,1-3H3. The Labute approximate surface area is 129 Å². The Hall–Kier alpha value is -0.520. The van der Waals surface area contributed by atoms with Crippen LogP contribution in [0.25, 0.3) is 0 Å². The van der Waals surface area contributed by atoms with Gasteiger partial charge < -0.3 is 4.74 Å². The third-order valence-corrected chi connectivity index (χ3v) is 5.72. The van der Waals surface area contributed by atoms with E-state index in [0.29, 0.717) is 12.5 Å². The van der Waals surface area contributed by atoms with Gasteiger partial charge in [0.15, 0.2) is 0 Å². The maximum atomic E-state index is 12.5. The van der Waals surface area contributed by atoms with E-state index in [1.54, 1.807) is 23.1 Å². The van der Waals surface area contributed by atoms with Gasteiger partial charge in [-0.1, -0.05) is 6.07 Å². The van der Waals surface area contributed by atoms with Gasteiger partial charge in [0, 0.05) is 11.8 Å². The van der Waals surface area contributed by atoms with E-state index >= 15 is 0 Å². The summed E-state index contributed by atoms with van der Waals surface area (Å²) in [6.07, 6.45) is 2.23. The van der Waals surface area contributed by atoms with E-state index in [2.05, 4.69) is 30.6 Å². The van der Waals surface area contributed by atoms with Crippen LogP contribution >= 0.6 is 23.1 Å². The summed E-state index contributed by atoms with van der Waals surface area (Å²) in [5.41, 5.74) is -0.529. The smallest absolute Gasteiger partial charge is 0.327 e. The van der Waals surface area contributed by atoms with E-state index < -0.39 is 5.54 Å². The number of hydrogen-bond acceptors (Lipinski definition) is 5. The van der Waals surface area contributed by atoms with Crippen LogP contribution < -0.4 is 5.32 Å². The first kappa shape index (κ1) is 15.9. The Morgan fingerprint density at radius 2 is 2.35 bits per heavy atom. The van der Waals surface area contributed by atoms with Crippen molar-refractivity contribution >= 4 is 29.1 Å². The quantitative estimate of drug-likeness (QED) is 0.588. The second-order valence-electron chi connectivity index (χ2n) is 5.49. The fraction of sp³-hybridized carbons (Fsp3) is 0.667. The molecule has 1 aromatic heterocycles. The molecule has 3 nitrogen and oxygen atoms in total. The fourth-order valence-electron chi connectivity index (χ4n) is 2.44. The van der Waals surface area contributed by atoms with Crippen molar-refractivity contribution in [2.24, 2.45) is 5.92 Å². The normalized spacial score (nSPS) is 18.0. The molecule has 1 aliphatic carbocycles. The van der Waals surface area contributed by atoms with E-state index in [9.17, 15) is 4.79 Å². The van der Waals surface area contributed by atoms with Crippen LogP contribution in [0.5, 0.6) is 0 Å². The van der Waals surface area contributed by atoms with Crippen molar-refractivity contribution in [1.82, 2.24) is 5.32 Å². The number of esters is 1. The molecule has 1 unspecified atom stereocenters. The van der Waals surface area contributed by atoms with Gasteiger partial charge in [0.1, 0.15) is 5.54 Å². The molecule has 1 N–H and O–H groups in total. The molecule has 0 aliphatic heterocycles. The summed E-state index contributed by atoms with van der Waals surface area (Å²) in [6.45, 7) is 6.49. The highest BCUT2D eigenvalue weighted by atomic mass is 32.2. The van der Waals surface area contributed by atoms with E-state index in [0.717, 1.165) is 18.6 Å². The third kappa shape index (κ3) is 3.77. The van der Waals surface area contributed by atoms with Crippen LogP contribution in [0.4, 0.5) is 0 Å². The number of nitrogens with one attached hydrogen (secondary N) is 1. The van der Waals surface area contributed by atoms with Gasteiger partial charge in [-0.25, -0.2) is 0 Å². The van der Waals surface area contributed by atoms with Crippen molar-refractivity contribution in [2.45, 2.75) is 49.4 Å². The Kier molecular flexibility index (Phi) is 5.52. The highest BCUT2D eigenvalue weighted by Crippen LogP contribution is 2.44. The van der Waals surface area contributed by atoms with E-state index in [1.807, 2.05) is 13.0 Å². The van der Waals surface area contributed by atoms with Crippen molar-refractivity contribution < 1.29 is 9.53 Å². The summed E-state index contributed by atoms with van der Waals surface area (Å²) >= 11 is 3.48. The van der Waals surface area contributed by atoms with E-state index in [1.165, 1.54) is 4.21 Å². The van der Waals surface area contributed by atoms with Crippen LogP contribution in [0.15, 0.2) is 21.7 Å². The van der Waals surface area contributed by atoms with Crippen molar-refractivity contribution in [3.05, 3.63) is 17.5 Å². The summed E-state index contributed by atoms with van der Waals surface area (Å²) in [4.78, 5) is 12.5. The molecule has 112 valence electrons. The Bertz CT molecular complexity index is 429. The first-order valence-corrected chi connectivity index (χ1v) is 9.06. The van der Waals surface area contributed by atoms with Gasteiger partial charge in [-0.3, -0.25) is 10.1 Å². The van der Waals surface area contributed by atoms with Crippen molar-refractivity contribution in [2.75, 3.05) is 12.4 Å². The first-order chi connectivity index (χ1) is 9.58. The van der Waals surface area contributed by atoms with Gasteiger partial charge in [-0.05, 0) is 51.0 Å². The molecule has 1 atom stereocenters. The molecular formula is C15H23NO2S2. The van der Waals surface area contributed by atoms with Crippen molar-refractivity contribution in [1.29, 1.82) is 0 Å². The Morgan fingerprint density at radius 3 is 2.85 bits per heavy atom. The summed E-state index contributed by atoms with van der Waals surface area (Å²) in [6, 6.07) is 4.42. The molecule has 20 heavy (non-hydrogen) atoms. The molecular weight excluding hydrogens is 290 g/mol. The molecule has 1 aliphatic rings. The molecule has 5 heteroatoms. The molecule has 0 saturated heterocycles. The van der Waals surface area contributed by atoms with Crippen LogP contribution in [-0.4, -0.2) is 29.9 Å². The number of carbonyl (C=O) groups is 1. The number of rotatable bonds is 8. The van der Waals surface area contributed by atoms with Gasteiger partial charge in [0.25, 0.3) is 0 Å². The molecule has 1 heterocycles. The number of thiophene rings is 1. The summed E-state index contributed by atoms with van der Waals surface area (Å²) in [5.74, 6) is 1.08. The second kappa shape index (κ2) is 6.96. The number of thioether (sulfide) groups is 1. The summed E-state index contributed by atoms with van der Waals surface area (Å²) < 4.78 is 6.62. The summed E-state index contributed by atoms with van der Waals surface area (Å²) in [7, 11) is 0. The minimum Gasteiger partial charge on any atom is -0.465 e. The molecule has 2 rings (SSSR count). The van der Waals surface area contributed by atoms with Crippen molar-refractivity contribution in [3.63, 3.8) is 0 Å².